The molecule has 0 unspecified atom stereocenters. The number of carbonyl (C=O) groups is 1. The summed E-state index contributed by atoms with van der Waals surface area (Å²) >= 11 is 0. The van der Waals surface area contributed by atoms with Crippen LogP contribution in [0.15, 0.2) is 59.5 Å². The fourth-order valence-corrected chi connectivity index (χ4v) is 3.59. The van der Waals surface area contributed by atoms with Gasteiger partial charge in [0.05, 0.1) is 4.90 Å². The first-order valence-corrected chi connectivity index (χ1v) is 9.77. The van der Waals surface area contributed by atoms with Crippen LogP contribution in [-0.4, -0.2) is 24.5 Å². The third-order valence-electron chi connectivity index (χ3n) is 4.09. The van der Waals surface area contributed by atoms with Crippen LogP contribution in [0, 0.1) is 6.92 Å². The molecule has 0 fully saturated rings. The number of primary sulfonamides is 1. The summed E-state index contributed by atoms with van der Waals surface area (Å²) in [6, 6.07) is 12.3. The number of phenolic OH excluding ortho intramolecular Hbond substituents is 2. The standard InChI is InChI=1S/C20H18N2O5S/c1-12-9-15-14(3-2-4-19(15)28(21,26)27)16(10-12)22-20(25)8-6-13-5-7-17(23)18(24)11-13/h2-11,23-24H,1H3,(H,22,25)(H2,21,26,27)/b8-6+. The molecule has 7 nitrogen and oxygen atoms in total. The van der Waals surface area contributed by atoms with Crippen molar-refractivity contribution < 1.29 is 23.4 Å². The predicted octanol–water partition coefficient (Wildman–Crippen LogP) is 2.86. The molecule has 0 aliphatic heterocycles. The van der Waals surface area contributed by atoms with E-state index in [0.29, 0.717) is 22.0 Å². The van der Waals surface area contributed by atoms with Crippen LogP contribution in [0.4, 0.5) is 5.69 Å². The van der Waals surface area contributed by atoms with Crippen LogP contribution in [-0.2, 0) is 14.8 Å². The number of hydrogen-bond acceptors (Lipinski definition) is 5. The van der Waals surface area contributed by atoms with Gasteiger partial charge < -0.3 is 15.5 Å². The highest BCUT2D eigenvalue weighted by Gasteiger charge is 2.15. The number of sulfonamides is 1. The summed E-state index contributed by atoms with van der Waals surface area (Å²) < 4.78 is 23.7. The van der Waals surface area contributed by atoms with Crippen LogP contribution in [0.5, 0.6) is 11.5 Å². The van der Waals surface area contributed by atoms with Crippen molar-refractivity contribution in [3.63, 3.8) is 0 Å². The fourth-order valence-electron chi connectivity index (χ4n) is 2.84. The Kier molecular flexibility index (Phi) is 5.08. The third kappa shape index (κ3) is 4.13. The average Bonchev–Trinajstić information content (AvgIpc) is 2.61. The minimum absolute atomic E-state index is 0.0145. The van der Waals surface area contributed by atoms with E-state index in [0.717, 1.165) is 5.56 Å². The highest BCUT2D eigenvalue weighted by atomic mass is 32.2. The average molecular weight is 398 g/mol. The topological polar surface area (TPSA) is 130 Å². The molecule has 28 heavy (non-hydrogen) atoms. The van der Waals surface area contributed by atoms with Gasteiger partial charge in [0.15, 0.2) is 11.5 Å². The second kappa shape index (κ2) is 7.34. The zero-order chi connectivity index (χ0) is 20.5. The van der Waals surface area contributed by atoms with Crippen molar-refractivity contribution in [2.75, 3.05) is 5.32 Å². The van der Waals surface area contributed by atoms with Gasteiger partial charge in [-0.05, 0) is 54.5 Å². The van der Waals surface area contributed by atoms with E-state index in [1.54, 1.807) is 37.3 Å². The Morgan fingerprint density at radius 1 is 1.04 bits per heavy atom. The molecule has 0 saturated heterocycles. The number of anilines is 1. The molecule has 3 aromatic carbocycles. The monoisotopic (exact) mass is 398 g/mol. The molecule has 1 amide bonds. The first kappa shape index (κ1) is 19.4. The maximum Gasteiger partial charge on any atom is 0.248 e. The number of nitrogens with one attached hydrogen (secondary N) is 1. The number of amides is 1. The van der Waals surface area contributed by atoms with Gasteiger partial charge in [-0.25, -0.2) is 13.6 Å². The number of nitrogens with two attached hydrogens (primary N) is 1. The Hall–Kier alpha value is -3.36. The molecule has 0 aliphatic carbocycles. The summed E-state index contributed by atoms with van der Waals surface area (Å²) in [6.07, 6.45) is 2.74. The SMILES string of the molecule is Cc1cc(NC(=O)/C=C/c2ccc(O)c(O)c2)c2cccc(S(N)(=O)=O)c2c1. The van der Waals surface area contributed by atoms with Gasteiger partial charge in [0, 0.05) is 22.5 Å². The van der Waals surface area contributed by atoms with Gasteiger partial charge >= 0.3 is 0 Å². The molecule has 8 heteroatoms. The lowest BCUT2D eigenvalue weighted by Gasteiger charge is -2.11. The molecule has 0 saturated carbocycles. The minimum Gasteiger partial charge on any atom is -0.504 e. The number of phenols is 2. The van der Waals surface area contributed by atoms with Crippen molar-refractivity contribution in [1.29, 1.82) is 0 Å². The molecule has 5 N–H and O–H groups in total. The summed E-state index contributed by atoms with van der Waals surface area (Å²) in [5.41, 5.74) is 1.73. The first-order chi connectivity index (χ1) is 13.1. The van der Waals surface area contributed by atoms with E-state index in [-0.39, 0.29) is 16.4 Å². The highest BCUT2D eigenvalue weighted by molar-refractivity contribution is 7.89. The minimum atomic E-state index is -3.92. The van der Waals surface area contributed by atoms with Crippen LogP contribution in [0.3, 0.4) is 0 Å². The van der Waals surface area contributed by atoms with E-state index in [4.69, 9.17) is 5.14 Å². The first-order valence-electron chi connectivity index (χ1n) is 8.22. The van der Waals surface area contributed by atoms with E-state index < -0.39 is 15.9 Å². The lowest BCUT2D eigenvalue weighted by atomic mass is 10.1. The van der Waals surface area contributed by atoms with Crippen LogP contribution >= 0.6 is 0 Å². The second-order valence-electron chi connectivity index (χ2n) is 6.28. The van der Waals surface area contributed by atoms with Crippen molar-refractivity contribution in [3.8, 4) is 11.5 Å². The Morgan fingerprint density at radius 2 is 1.79 bits per heavy atom. The molecule has 0 atom stereocenters. The van der Waals surface area contributed by atoms with E-state index >= 15 is 0 Å². The Balaban J connectivity index is 1.94. The quantitative estimate of drug-likeness (QED) is 0.397. The van der Waals surface area contributed by atoms with Gasteiger partial charge in [-0.2, -0.15) is 0 Å². The lowest BCUT2D eigenvalue weighted by molar-refractivity contribution is -0.111. The number of hydrogen-bond donors (Lipinski definition) is 4. The van der Waals surface area contributed by atoms with E-state index in [1.807, 2.05) is 0 Å². The van der Waals surface area contributed by atoms with Crippen LogP contribution in [0.1, 0.15) is 11.1 Å². The van der Waals surface area contributed by atoms with Gasteiger partial charge in [0.2, 0.25) is 15.9 Å². The van der Waals surface area contributed by atoms with Gasteiger partial charge in [-0.1, -0.05) is 18.2 Å². The van der Waals surface area contributed by atoms with Gasteiger partial charge in [0.25, 0.3) is 0 Å². The molecule has 0 radical (unpaired) electrons. The summed E-state index contributed by atoms with van der Waals surface area (Å²) in [5.74, 6) is -0.985. The van der Waals surface area contributed by atoms with Crippen LogP contribution in [0.2, 0.25) is 0 Å². The molecule has 0 bridgehead atoms. The summed E-state index contributed by atoms with van der Waals surface area (Å²) in [6.45, 7) is 1.78. The largest absolute Gasteiger partial charge is 0.504 e. The second-order valence-corrected chi connectivity index (χ2v) is 7.81. The van der Waals surface area contributed by atoms with E-state index in [2.05, 4.69) is 5.32 Å². The number of aryl methyl sites for hydroxylation is 1. The molecule has 0 aliphatic rings. The normalized spacial score (nSPS) is 11.8. The Labute approximate surface area is 161 Å². The Bertz CT molecular complexity index is 1220. The predicted molar refractivity (Wildman–Crippen MR) is 107 cm³/mol. The zero-order valence-corrected chi connectivity index (χ0v) is 15.7. The highest BCUT2D eigenvalue weighted by Crippen LogP contribution is 2.30. The number of fused-ring (bicyclic) bond motifs is 1. The fraction of sp³-hybridized carbons (Fsp3) is 0.0500. The maximum atomic E-state index is 12.3. The molecule has 0 aromatic heterocycles. The molecule has 144 valence electrons. The summed E-state index contributed by atoms with van der Waals surface area (Å²) in [5, 5.41) is 27.8. The summed E-state index contributed by atoms with van der Waals surface area (Å²) in [4.78, 5) is 12.3. The van der Waals surface area contributed by atoms with E-state index in [1.165, 1.54) is 30.4 Å². The molecule has 0 heterocycles. The molecule has 3 rings (SSSR count). The van der Waals surface area contributed by atoms with Gasteiger partial charge in [-0.3, -0.25) is 4.79 Å². The number of aromatic hydroxyl groups is 2. The van der Waals surface area contributed by atoms with Crippen molar-refractivity contribution in [1.82, 2.24) is 0 Å². The van der Waals surface area contributed by atoms with E-state index in [9.17, 15) is 23.4 Å². The van der Waals surface area contributed by atoms with Gasteiger partial charge in [0.1, 0.15) is 0 Å². The number of benzene rings is 3. The van der Waals surface area contributed by atoms with Crippen molar-refractivity contribution in [2.24, 2.45) is 5.14 Å². The smallest absolute Gasteiger partial charge is 0.248 e. The van der Waals surface area contributed by atoms with Crippen LogP contribution in [0.25, 0.3) is 16.8 Å². The summed E-state index contributed by atoms with van der Waals surface area (Å²) in [7, 11) is -3.92. The maximum absolute atomic E-state index is 12.3. The molecule has 0 spiro atoms. The molecular weight excluding hydrogens is 380 g/mol. The van der Waals surface area contributed by atoms with Crippen molar-refractivity contribution in [2.45, 2.75) is 11.8 Å². The number of rotatable bonds is 4. The molecule has 3 aromatic rings. The van der Waals surface area contributed by atoms with Crippen LogP contribution < -0.4 is 10.5 Å². The van der Waals surface area contributed by atoms with Crippen molar-refractivity contribution >= 4 is 38.5 Å². The Morgan fingerprint density at radius 3 is 2.46 bits per heavy atom. The van der Waals surface area contributed by atoms with Gasteiger partial charge in [-0.15, -0.1) is 0 Å². The third-order valence-corrected chi connectivity index (χ3v) is 5.06. The number of carbonyl (C=O) groups excluding carboxylic acids is 1. The molecular formula is C20H18N2O5S. The zero-order valence-electron chi connectivity index (χ0n) is 14.9. The lowest BCUT2D eigenvalue weighted by Crippen LogP contribution is -2.13. The van der Waals surface area contributed by atoms with Crippen molar-refractivity contribution in [3.05, 3.63) is 65.7 Å².